The second-order valence-electron chi connectivity index (χ2n) is 4.80. The standard InChI is InChI=1S/C13H18ClN3/c1-4-10(9(2)3)8-17-6-5-11-7-15-13(14)16-12(11)17/h5-7,9-10H,4,8H2,1-3H3/t10-/m0/s1. The van der Waals surface area contributed by atoms with E-state index >= 15 is 0 Å². The van der Waals surface area contributed by atoms with Crippen molar-refractivity contribution in [1.82, 2.24) is 14.5 Å². The first kappa shape index (κ1) is 12.4. The summed E-state index contributed by atoms with van der Waals surface area (Å²) < 4.78 is 2.18. The van der Waals surface area contributed by atoms with Crippen LogP contribution >= 0.6 is 11.6 Å². The zero-order valence-corrected chi connectivity index (χ0v) is 11.3. The van der Waals surface area contributed by atoms with Crippen LogP contribution in [0.4, 0.5) is 0 Å². The van der Waals surface area contributed by atoms with Gasteiger partial charge in [0.25, 0.3) is 0 Å². The van der Waals surface area contributed by atoms with Crippen molar-refractivity contribution in [3.8, 4) is 0 Å². The molecule has 2 rings (SSSR count). The van der Waals surface area contributed by atoms with Gasteiger partial charge in [-0.3, -0.25) is 0 Å². The lowest BCUT2D eigenvalue weighted by Crippen LogP contribution is -2.15. The van der Waals surface area contributed by atoms with E-state index < -0.39 is 0 Å². The summed E-state index contributed by atoms with van der Waals surface area (Å²) in [4.78, 5) is 8.30. The molecule has 0 aliphatic rings. The lowest BCUT2D eigenvalue weighted by Gasteiger charge is -2.19. The Balaban J connectivity index is 2.32. The van der Waals surface area contributed by atoms with E-state index in [4.69, 9.17) is 11.6 Å². The van der Waals surface area contributed by atoms with Gasteiger partial charge >= 0.3 is 0 Å². The molecule has 2 heterocycles. The van der Waals surface area contributed by atoms with Crippen LogP contribution in [-0.4, -0.2) is 14.5 Å². The van der Waals surface area contributed by atoms with Crippen LogP contribution in [0.1, 0.15) is 27.2 Å². The zero-order chi connectivity index (χ0) is 12.4. The number of rotatable bonds is 4. The molecule has 4 heteroatoms. The Kier molecular flexibility index (Phi) is 3.67. The van der Waals surface area contributed by atoms with E-state index in [1.165, 1.54) is 6.42 Å². The minimum atomic E-state index is 0.315. The summed E-state index contributed by atoms with van der Waals surface area (Å²) in [5.41, 5.74) is 0.934. The molecule has 0 aliphatic heterocycles. The van der Waals surface area contributed by atoms with Gasteiger partial charge in [-0.2, -0.15) is 4.98 Å². The zero-order valence-electron chi connectivity index (χ0n) is 10.5. The molecule has 0 unspecified atom stereocenters. The molecule has 0 bridgehead atoms. The van der Waals surface area contributed by atoms with Gasteiger partial charge in [0.1, 0.15) is 5.65 Å². The van der Waals surface area contributed by atoms with E-state index in [1.54, 1.807) is 6.20 Å². The molecule has 3 nitrogen and oxygen atoms in total. The maximum absolute atomic E-state index is 5.84. The van der Waals surface area contributed by atoms with E-state index in [0.29, 0.717) is 17.1 Å². The molecule has 0 radical (unpaired) electrons. The monoisotopic (exact) mass is 251 g/mol. The molecule has 1 atom stereocenters. The third-order valence-electron chi connectivity index (χ3n) is 3.37. The van der Waals surface area contributed by atoms with Crippen molar-refractivity contribution in [2.45, 2.75) is 33.7 Å². The van der Waals surface area contributed by atoms with Gasteiger partial charge in [-0.05, 0) is 29.5 Å². The molecule has 0 N–H and O–H groups in total. The highest BCUT2D eigenvalue weighted by molar-refractivity contribution is 6.28. The van der Waals surface area contributed by atoms with E-state index in [1.807, 2.05) is 6.07 Å². The third kappa shape index (κ3) is 2.60. The van der Waals surface area contributed by atoms with E-state index in [-0.39, 0.29) is 0 Å². The second-order valence-corrected chi connectivity index (χ2v) is 5.14. The fraction of sp³-hybridized carbons (Fsp3) is 0.538. The van der Waals surface area contributed by atoms with Crippen LogP contribution in [0.15, 0.2) is 18.5 Å². The summed E-state index contributed by atoms with van der Waals surface area (Å²) in [6, 6.07) is 2.04. The Hall–Kier alpha value is -1.09. The number of hydrogen-bond donors (Lipinski definition) is 0. The summed E-state index contributed by atoms with van der Waals surface area (Å²) in [6.45, 7) is 7.76. The number of halogens is 1. The van der Waals surface area contributed by atoms with Crippen molar-refractivity contribution in [3.63, 3.8) is 0 Å². The second kappa shape index (κ2) is 5.05. The molecule has 92 valence electrons. The quantitative estimate of drug-likeness (QED) is 0.775. The summed E-state index contributed by atoms with van der Waals surface area (Å²) in [5.74, 6) is 1.34. The summed E-state index contributed by atoms with van der Waals surface area (Å²) in [5, 5.41) is 1.36. The maximum atomic E-state index is 5.84. The lowest BCUT2D eigenvalue weighted by atomic mass is 9.93. The van der Waals surface area contributed by atoms with E-state index in [2.05, 4.69) is 41.5 Å². The summed E-state index contributed by atoms with van der Waals surface area (Å²) in [7, 11) is 0. The molecule has 0 spiro atoms. The van der Waals surface area contributed by atoms with Crippen molar-refractivity contribution in [2.75, 3.05) is 0 Å². The topological polar surface area (TPSA) is 30.7 Å². The van der Waals surface area contributed by atoms with Gasteiger partial charge in [-0.1, -0.05) is 27.2 Å². The molecule has 2 aromatic rings. The highest BCUT2D eigenvalue weighted by Crippen LogP contribution is 2.21. The highest BCUT2D eigenvalue weighted by atomic mass is 35.5. The van der Waals surface area contributed by atoms with Gasteiger partial charge in [0.2, 0.25) is 5.28 Å². The first-order chi connectivity index (χ1) is 8.11. The summed E-state index contributed by atoms with van der Waals surface area (Å²) in [6.07, 6.45) is 5.02. The van der Waals surface area contributed by atoms with Gasteiger partial charge in [0.05, 0.1) is 0 Å². The van der Waals surface area contributed by atoms with Gasteiger partial charge in [-0.25, -0.2) is 4.98 Å². The van der Waals surface area contributed by atoms with Crippen LogP contribution in [0.3, 0.4) is 0 Å². The van der Waals surface area contributed by atoms with E-state index in [9.17, 15) is 0 Å². The van der Waals surface area contributed by atoms with Crippen LogP contribution in [0.5, 0.6) is 0 Å². The van der Waals surface area contributed by atoms with Gasteiger partial charge in [0, 0.05) is 24.3 Å². The van der Waals surface area contributed by atoms with Gasteiger partial charge in [-0.15, -0.1) is 0 Å². The number of fused-ring (bicyclic) bond motifs is 1. The first-order valence-corrected chi connectivity index (χ1v) is 6.47. The average molecular weight is 252 g/mol. The maximum Gasteiger partial charge on any atom is 0.224 e. The Morgan fingerprint density at radius 3 is 2.82 bits per heavy atom. The Bertz CT molecular complexity index is 504. The largest absolute Gasteiger partial charge is 0.332 e. The van der Waals surface area contributed by atoms with Gasteiger partial charge in [0.15, 0.2) is 0 Å². The molecule has 0 amide bonds. The molecule has 0 saturated heterocycles. The Morgan fingerprint density at radius 2 is 2.18 bits per heavy atom. The Morgan fingerprint density at radius 1 is 1.41 bits per heavy atom. The number of aromatic nitrogens is 3. The molecule has 0 saturated carbocycles. The fourth-order valence-corrected chi connectivity index (χ4v) is 2.29. The van der Waals surface area contributed by atoms with Crippen LogP contribution < -0.4 is 0 Å². The van der Waals surface area contributed by atoms with Crippen molar-refractivity contribution < 1.29 is 0 Å². The molecule has 2 aromatic heterocycles. The van der Waals surface area contributed by atoms with Crippen LogP contribution in [0, 0.1) is 11.8 Å². The van der Waals surface area contributed by atoms with Crippen LogP contribution in [0.25, 0.3) is 11.0 Å². The molecule has 0 aliphatic carbocycles. The fourth-order valence-electron chi connectivity index (χ4n) is 2.16. The number of hydrogen-bond acceptors (Lipinski definition) is 2. The van der Waals surface area contributed by atoms with Crippen LogP contribution in [0.2, 0.25) is 5.28 Å². The molecule has 17 heavy (non-hydrogen) atoms. The lowest BCUT2D eigenvalue weighted by molar-refractivity contribution is 0.328. The molecule has 0 aromatic carbocycles. The van der Waals surface area contributed by atoms with Crippen molar-refractivity contribution >= 4 is 22.6 Å². The minimum absolute atomic E-state index is 0.315. The van der Waals surface area contributed by atoms with Gasteiger partial charge < -0.3 is 4.57 Å². The predicted octanol–water partition coefficient (Wildman–Crippen LogP) is 3.77. The molecule has 0 fully saturated rings. The minimum Gasteiger partial charge on any atom is -0.332 e. The smallest absolute Gasteiger partial charge is 0.224 e. The SMILES string of the molecule is CC[C@@H](Cn1ccc2cnc(Cl)nc21)C(C)C. The third-order valence-corrected chi connectivity index (χ3v) is 3.55. The summed E-state index contributed by atoms with van der Waals surface area (Å²) >= 11 is 5.84. The Labute approximate surface area is 107 Å². The first-order valence-electron chi connectivity index (χ1n) is 6.09. The van der Waals surface area contributed by atoms with Crippen molar-refractivity contribution in [1.29, 1.82) is 0 Å². The van der Waals surface area contributed by atoms with Crippen molar-refractivity contribution in [2.24, 2.45) is 11.8 Å². The average Bonchev–Trinajstić information content (AvgIpc) is 2.68. The normalized spacial score (nSPS) is 13.5. The molecular weight excluding hydrogens is 234 g/mol. The van der Waals surface area contributed by atoms with Crippen LogP contribution in [-0.2, 0) is 6.54 Å². The molecular formula is C13H18ClN3. The predicted molar refractivity (Wildman–Crippen MR) is 71.2 cm³/mol. The number of nitrogens with zero attached hydrogens (tertiary/aromatic N) is 3. The highest BCUT2D eigenvalue weighted by Gasteiger charge is 2.13. The van der Waals surface area contributed by atoms with Crippen molar-refractivity contribution in [3.05, 3.63) is 23.7 Å². The van der Waals surface area contributed by atoms with E-state index in [0.717, 1.165) is 17.6 Å².